The molecule has 8 aromatic carbocycles. The summed E-state index contributed by atoms with van der Waals surface area (Å²) in [6.45, 7) is 1.13. The van der Waals surface area contributed by atoms with E-state index in [0.29, 0.717) is 9.13 Å². The molecule has 0 spiro atoms. The lowest BCUT2D eigenvalue weighted by atomic mass is 10.2. The Morgan fingerprint density at radius 1 is 0.379 bits per heavy atom. The normalized spacial score (nSPS) is 20.1. The van der Waals surface area contributed by atoms with Gasteiger partial charge in [-0.25, -0.2) is 0 Å². The maximum absolute atomic E-state index is 10.6. The number of para-hydroxylation sites is 4. The third-order valence-corrected chi connectivity index (χ3v) is 13.2. The number of nitrogens with zero attached hydrogens (tertiary/aromatic N) is 5. The summed E-state index contributed by atoms with van der Waals surface area (Å²) in [6.07, 6.45) is 0. The van der Waals surface area contributed by atoms with E-state index in [-0.39, 0.29) is 0 Å². The first kappa shape index (κ1) is 13.9. The largest absolute Gasteiger partial charge is 0.278 e. The van der Waals surface area contributed by atoms with E-state index in [4.69, 9.17) is 24.7 Å². The second-order valence-corrected chi connectivity index (χ2v) is 15.8. The molecule has 0 aliphatic heterocycles. The summed E-state index contributed by atoms with van der Waals surface area (Å²) in [5.41, 5.74) is -4.54. The molecule has 0 unspecified atom stereocenters. The van der Waals surface area contributed by atoms with Gasteiger partial charge < -0.3 is 0 Å². The fourth-order valence-corrected chi connectivity index (χ4v) is 10.3. The van der Waals surface area contributed by atoms with Crippen LogP contribution in [-0.2, 0) is 0 Å². The molecule has 11 aromatic rings. The predicted molar refractivity (Wildman–Crippen MR) is 242 cm³/mol. The molecule has 274 valence electrons. The maximum atomic E-state index is 10.6. The Morgan fingerprint density at radius 3 is 1.21 bits per heavy atom. The SMILES string of the molecule is [2H]c1c([2H])c([2H])c([Si](c2c([2H])c([2H])c([2H])c([2H])c2[2H])(c2c([2H])c([2H])c(C)c([2H])c2[2H])c2c([2H])c([2H])c([2H])c(-c3nc(-n4c5c([2H])c([2H])c([2H])c([2H])c5c5c([2H])c([2H])c([2H])c([2H])c54)nc(-n4c5c([2H])c([2H])c([2H])c([2H])c5c5c([2H])c([2H])c([2H])c([2H])c54)n3)c2[2H])c([2H])c1[2H]. The first-order valence-corrected chi connectivity index (χ1v) is 18.9. The minimum Gasteiger partial charge on any atom is -0.278 e. The molecular weight excluding hydrogens is 723 g/mol. The highest BCUT2D eigenvalue weighted by atomic mass is 28.3. The van der Waals surface area contributed by atoms with Crippen molar-refractivity contribution in [2.75, 3.05) is 0 Å². The molecule has 0 amide bonds. The number of rotatable bonds is 7. The number of hydrogen-bond donors (Lipinski definition) is 0. The second-order valence-electron chi connectivity index (χ2n) is 12.3. The van der Waals surface area contributed by atoms with E-state index in [2.05, 4.69) is 15.0 Å². The minimum atomic E-state index is -6.52. The van der Waals surface area contributed by atoms with E-state index in [9.17, 15) is 21.9 Å². The molecule has 0 fully saturated rings. The van der Waals surface area contributed by atoms with Gasteiger partial charge in [0.1, 0.15) is 0 Å². The highest BCUT2D eigenvalue weighted by Gasteiger charge is 2.41. The van der Waals surface area contributed by atoms with Crippen LogP contribution in [0.2, 0.25) is 0 Å². The van der Waals surface area contributed by atoms with Gasteiger partial charge in [0.05, 0.1) is 68.7 Å². The fraction of sp³-hybridized carbons (Fsp3) is 0.0192. The van der Waals surface area contributed by atoms with E-state index in [1.54, 1.807) is 0 Å². The van der Waals surface area contributed by atoms with Crippen LogP contribution in [0.3, 0.4) is 0 Å². The zero-order valence-electron chi connectivity index (χ0n) is 63.2. The molecule has 0 aliphatic rings. The Labute approximate surface area is 385 Å². The fourth-order valence-electron chi connectivity index (χ4n) is 6.74. The van der Waals surface area contributed by atoms with Gasteiger partial charge in [-0.2, -0.15) is 15.0 Å². The highest BCUT2D eigenvalue weighted by molar-refractivity contribution is 7.19. The molecule has 0 N–H and O–H groups in total. The van der Waals surface area contributed by atoms with Gasteiger partial charge in [0.25, 0.3) is 0 Å². The third-order valence-electron chi connectivity index (χ3n) is 9.18. The van der Waals surface area contributed by atoms with Crippen LogP contribution in [-0.4, -0.2) is 32.2 Å². The van der Waals surface area contributed by atoms with Crippen molar-refractivity contribution in [3.05, 3.63) is 211 Å². The smallest absolute Gasteiger partial charge is 0.240 e. The van der Waals surface area contributed by atoms with Crippen LogP contribution in [0.5, 0.6) is 0 Å². The first-order valence-electron chi connectivity index (χ1n) is 33.9. The Hall–Kier alpha value is -7.41. The Kier molecular flexibility index (Phi) is 3.27. The molecule has 0 saturated carbocycles. The van der Waals surface area contributed by atoms with Crippen molar-refractivity contribution in [1.29, 1.82) is 0 Å². The van der Waals surface area contributed by atoms with E-state index < -0.39 is 307 Å². The minimum absolute atomic E-state index is 0.404. The van der Waals surface area contributed by atoms with Crippen molar-refractivity contribution >= 4 is 72.4 Å². The van der Waals surface area contributed by atoms with Gasteiger partial charge in [-0.1, -0.05) is 187 Å². The molecule has 11 rings (SSSR count). The summed E-state index contributed by atoms with van der Waals surface area (Å²) in [5.74, 6) is -3.38. The van der Waals surface area contributed by atoms with Gasteiger partial charge in [0.15, 0.2) is 13.9 Å². The molecule has 0 radical (unpaired) electrons. The average molecular weight is 794 g/mol. The zero-order chi connectivity index (χ0) is 68.2. The summed E-state index contributed by atoms with van der Waals surface area (Å²) in [5, 5.41) is -7.19. The summed E-state index contributed by atoms with van der Waals surface area (Å²) in [7, 11) is -6.52. The standard InChI is InChI=1S/C52H37N5Si/c1-36-31-33-40(34-32-36)58(38-18-4-2-5-19-38,39-20-6-3-7-21-39)41-22-16-17-37(35-41)50-53-51(56-46-27-12-8-23-42(46)43-24-9-13-28-47(43)56)55-52(54-50)57-48-29-14-10-25-44(48)45-26-11-15-30-49(45)57/h2-35H,1H3/i2D,3D,4D,5D,6D,7D,8D,9D,10D,11D,12D,13D,14D,15D,16D,17D,18D,19D,20D,21D,22D,23D,24D,25D,26D,27D,28D,29D,30D,31D,32D,33D,34D,35D. The maximum Gasteiger partial charge on any atom is 0.240 e. The molecule has 0 atom stereocenters. The molecule has 6 heteroatoms. The summed E-state index contributed by atoms with van der Waals surface area (Å²) in [6, 6.07) is -37.4. The van der Waals surface area contributed by atoms with Gasteiger partial charge in [-0.05, 0) is 51.8 Å². The Balaban J connectivity index is 1.49. The van der Waals surface area contributed by atoms with Crippen LogP contribution in [0.25, 0.3) is 66.9 Å². The van der Waals surface area contributed by atoms with E-state index in [1.807, 2.05) is 0 Å². The topological polar surface area (TPSA) is 48.5 Å². The highest BCUT2D eigenvalue weighted by Crippen LogP contribution is 2.34. The van der Waals surface area contributed by atoms with E-state index in [1.165, 1.54) is 0 Å². The summed E-state index contributed by atoms with van der Waals surface area (Å²) in [4.78, 5) is 13.7. The Morgan fingerprint density at radius 2 is 0.759 bits per heavy atom. The van der Waals surface area contributed by atoms with Gasteiger partial charge in [0, 0.05) is 27.1 Å². The molecule has 0 bridgehead atoms. The van der Waals surface area contributed by atoms with Crippen LogP contribution >= 0.6 is 0 Å². The quantitative estimate of drug-likeness (QED) is 0.119. The van der Waals surface area contributed by atoms with Crippen molar-refractivity contribution in [3.63, 3.8) is 0 Å². The molecule has 0 saturated heterocycles. The monoisotopic (exact) mass is 793 g/mol. The van der Waals surface area contributed by atoms with Crippen molar-refractivity contribution in [2.24, 2.45) is 0 Å². The van der Waals surface area contributed by atoms with Crippen LogP contribution in [0.15, 0.2) is 205 Å². The number of aromatic nitrogens is 5. The summed E-state index contributed by atoms with van der Waals surface area (Å²) < 4.78 is 315. The molecule has 3 heterocycles. The Bertz CT molecular complexity index is 4720. The van der Waals surface area contributed by atoms with Crippen LogP contribution in [0.4, 0.5) is 0 Å². The second kappa shape index (κ2) is 13.7. The third kappa shape index (κ3) is 5.26. The van der Waals surface area contributed by atoms with E-state index >= 15 is 0 Å². The van der Waals surface area contributed by atoms with Crippen LogP contribution < -0.4 is 20.7 Å². The molecule has 3 aromatic heterocycles. The lowest BCUT2D eigenvalue weighted by Crippen LogP contribution is -2.74. The van der Waals surface area contributed by atoms with Crippen molar-refractivity contribution in [3.8, 4) is 23.3 Å². The molecule has 0 aliphatic carbocycles. The van der Waals surface area contributed by atoms with Gasteiger partial charge in [-0.3, -0.25) is 9.13 Å². The molecular formula is C52H37N5Si. The zero-order valence-corrected chi connectivity index (χ0v) is 30.2. The van der Waals surface area contributed by atoms with Gasteiger partial charge in [0.2, 0.25) is 11.9 Å². The number of benzene rings is 8. The van der Waals surface area contributed by atoms with Crippen LogP contribution in [0.1, 0.15) is 52.2 Å². The van der Waals surface area contributed by atoms with Crippen molar-refractivity contribution in [2.45, 2.75) is 6.92 Å². The van der Waals surface area contributed by atoms with Gasteiger partial charge >= 0.3 is 0 Å². The lowest BCUT2D eigenvalue weighted by Gasteiger charge is -2.34. The van der Waals surface area contributed by atoms with Crippen LogP contribution in [0, 0.1) is 6.92 Å². The predicted octanol–water partition coefficient (Wildman–Crippen LogP) is 9.42. The van der Waals surface area contributed by atoms with Crippen molar-refractivity contribution in [1.82, 2.24) is 24.1 Å². The first-order chi connectivity index (χ1) is 42.8. The molecule has 58 heavy (non-hydrogen) atoms. The lowest BCUT2D eigenvalue weighted by molar-refractivity contribution is 0.893. The van der Waals surface area contributed by atoms with Gasteiger partial charge in [-0.15, -0.1) is 0 Å². The number of fused-ring (bicyclic) bond motifs is 6. The number of hydrogen-bond acceptors (Lipinski definition) is 3. The average Bonchev–Trinajstić information content (AvgIpc) is 0.793. The molecule has 5 nitrogen and oxygen atoms in total. The summed E-state index contributed by atoms with van der Waals surface area (Å²) >= 11 is 0. The van der Waals surface area contributed by atoms with Crippen molar-refractivity contribution < 1.29 is 46.6 Å². The van der Waals surface area contributed by atoms with E-state index in [0.717, 1.165) is 6.92 Å².